The summed E-state index contributed by atoms with van der Waals surface area (Å²) in [6.45, 7) is 0. The first-order valence-electron chi connectivity index (χ1n) is 7.37. The Bertz CT molecular complexity index is 1120. The van der Waals surface area contributed by atoms with Gasteiger partial charge in [0.1, 0.15) is 0 Å². The smallest absolute Gasteiger partial charge is 0.0646 e. The van der Waals surface area contributed by atoms with Gasteiger partial charge in [0.2, 0.25) is 0 Å². The molecule has 0 fully saturated rings. The lowest BCUT2D eigenvalue weighted by Gasteiger charge is -2.01. The number of benzene rings is 3. The number of nitrogens with one attached hydrogen (secondary N) is 1. The highest BCUT2D eigenvalue weighted by Crippen LogP contribution is 2.35. The molecule has 5 rings (SSSR count). The summed E-state index contributed by atoms with van der Waals surface area (Å²) < 4.78 is 1.34. The van der Waals surface area contributed by atoms with E-state index in [1.165, 1.54) is 43.0 Å². The number of hydrogen-bond acceptors (Lipinski definition) is 1. The van der Waals surface area contributed by atoms with Crippen LogP contribution in [-0.4, -0.2) is 4.98 Å². The lowest BCUT2D eigenvalue weighted by atomic mass is 10.0. The van der Waals surface area contributed by atoms with Gasteiger partial charge in [-0.25, -0.2) is 0 Å². The molecule has 1 N–H and O–H groups in total. The molecule has 0 saturated heterocycles. The normalized spacial score (nSPS) is 11.6. The van der Waals surface area contributed by atoms with Crippen LogP contribution in [0.5, 0.6) is 0 Å². The van der Waals surface area contributed by atoms with Crippen molar-refractivity contribution in [2.75, 3.05) is 0 Å². The predicted molar refractivity (Wildman–Crippen MR) is 96.6 cm³/mol. The van der Waals surface area contributed by atoms with Gasteiger partial charge in [-0.15, -0.1) is 11.3 Å². The zero-order valence-electron chi connectivity index (χ0n) is 11.8. The minimum absolute atomic E-state index is 1.20. The third-order valence-corrected chi connectivity index (χ3v) is 5.25. The first kappa shape index (κ1) is 12.0. The Morgan fingerprint density at radius 2 is 1.64 bits per heavy atom. The molecule has 0 saturated carbocycles. The molecule has 5 aromatic rings. The maximum Gasteiger partial charge on any atom is 0.0646 e. The average molecular weight is 299 g/mol. The largest absolute Gasteiger partial charge is 0.353 e. The van der Waals surface area contributed by atoms with E-state index in [9.17, 15) is 0 Å². The summed E-state index contributed by atoms with van der Waals surface area (Å²) in [5.41, 5.74) is 4.99. The molecule has 0 bridgehead atoms. The predicted octanol–water partition coefficient (Wildman–Crippen LogP) is 6.20. The number of hydrogen-bond donors (Lipinski definition) is 1. The van der Waals surface area contributed by atoms with Crippen LogP contribution in [0.4, 0.5) is 0 Å². The summed E-state index contributed by atoms with van der Waals surface area (Å²) in [4.78, 5) is 3.60. The number of thiophene rings is 1. The molecule has 1 nitrogen and oxygen atoms in total. The van der Waals surface area contributed by atoms with Crippen LogP contribution in [0.3, 0.4) is 0 Å². The molecule has 22 heavy (non-hydrogen) atoms. The molecule has 0 amide bonds. The van der Waals surface area contributed by atoms with Gasteiger partial charge < -0.3 is 4.98 Å². The van der Waals surface area contributed by atoms with Gasteiger partial charge in [0.15, 0.2) is 0 Å². The van der Waals surface area contributed by atoms with Gasteiger partial charge in [0, 0.05) is 16.3 Å². The second kappa shape index (κ2) is 4.46. The minimum atomic E-state index is 1.20. The Balaban J connectivity index is 1.86. The van der Waals surface area contributed by atoms with Gasteiger partial charge in [-0.3, -0.25) is 0 Å². The highest BCUT2D eigenvalue weighted by Gasteiger charge is 2.09. The maximum atomic E-state index is 3.60. The Labute approximate surface area is 131 Å². The topological polar surface area (TPSA) is 15.8 Å². The lowest BCUT2D eigenvalue weighted by Crippen LogP contribution is -1.76. The standard InChI is InChI=1S/C20H13NS/c1-2-4-13(5-3-1)15-7-9-18-17(12-15)16-8-6-14-10-11-22-20(14)19(16)21-18/h1-12,21H. The van der Waals surface area contributed by atoms with Crippen LogP contribution in [0.1, 0.15) is 0 Å². The van der Waals surface area contributed by atoms with E-state index < -0.39 is 0 Å². The Hall–Kier alpha value is -2.58. The summed E-state index contributed by atoms with van der Waals surface area (Å²) >= 11 is 1.80. The quantitative estimate of drug-likeness (QED) is 0.379. The van der Waals surface area contributed by atoms with Crippen molar-refractivity contribution < 1.29 is 0 Å². The van der Waals surface area contributed by atoms with E-state index in [0.717, 1.165) is 0 Å². The molecule has 3 aromatic carbocycles. The lowest BCUT2D eigenvalue weighted by molar-refractivity contribution is 1.56. The zero-order valence-corrected chi connectivity index (χ0v) is 12.7. The fraction of sp³-hybridized carbons (Fsp3) is 0. The number of aromatic amines is 1. The van der Waals surface area contributed by atoms with Crippen LogP contribution in [-0.2, 0) is 0 Å². The van der Waals surface area contributed by atoms with Crippen molar-refractivity contribution in [3.8, 4) is 11.1 Å². The second-order valence-corrected chi connectivity index (χ2v) is 6.49. The van der Waals surface area contributed by atoms with E-state index in [0.29, 0.717) is 0 Å². The van der Waals surface area contributed by atoms with Crippen molar-refractivity contribution in [3.63, 3.8) is 0 Å². The van der Waals surface area contributed by atoms with Crippen LogP contribution < -0.4 is 0 Å². The first-order chi connectivity index (χ1) is 10.9. The SMILES string of the molecule is c1ccc(-c2ccc3[nH]c4c(ccc5ccsc54)c3c2)cc1. The molecule has 0 unspecified atom stereocenters. The van der Waals surface area contributed by atoms with E-state index in [4.69, 9.17) is 0 Å². The summed E-state index contributed by atoms with van der Waals surface area (Å²) in [5, 5.41) is 6.08. The number of rotatable bonds is 1. The van der Waals surface area contributed by atoms with Crippen LogP contribution in [0, 0.1) is 0 Å². The zero-order chi connectivity index (χ0) is 14.5. The number of H-pyrrole nitrogens is 1. The molecular weight excluding hydrogens is 286 g/mol. The van der Waals surface area contributed by atoms with E-state index in [2.05, 4.69) is 77.1 Å². The summed E-state index contributed by atoms with van der Waals surface area (Å²) in [5.74, 6) is 0. The van der Waals surface area contributed by atoms with Gasteiger partial charge in [0.25, 0.3) is 0 Å². The third-order valence-electron chi connectivity index (χ3n) is 4.30. The van der Waals surface area contributed by atoms with E-state index >= 15 is 0 Å². The van der Waals surface area contributed by atoms with Crippen LogP contribution in [0.15, 0.2) is 72.1 Å². The first-order valence-corrected chi connectivity index (χ1v) is 8.25. The fourth-order valence-electron chi connectivity index (χ4n) is 3.20. The van der Waals surface area contributed by atoms with Crippen LogP contribution in [0.2, 0.25) is 0 Å². The van der Waals surface area contributed by atoms with Crippen molar-refractivity contribution in [2.24, 2.45) is 0 Å². The molecule has 0 aliphatic rings. The third kappa shape index (κ3) is 1.65. The van der Waals surface area contributed by atoms with E-state index in [1.54, 1.807) is 11.3 Å². The van der Waals surface area contributed by atoms with Crippen molar-refractivity contribution in [2.45, 2.75) is 0 Å². The molecule has 0 atom stereocenters. The molecule has 0 aliphatic carbocycles. The van der Waals surface area contributed by atoms with Gasteiger partial charge in [-0.1, -0.05) is 48.5 Å². The van der Waals surface area contributed by atoms with Crippen molar-refractivity contribution in [1.82, 2.24) is 4.98 Å². The average Bonchev–Trinajstić information content (AvgIpc) is 3.19. The highest BCUT2D eigenvalue weighted by molar-refractivity contribution is 7.18. The Morgan fingerprint density at radius 1 is 0.727 bits per heavy atom. The number of aromatic nitrogens is 1. The molecule has 0 radical (unpaired) electrons. The van der Waals surface area contributed by atoms with E-state index in [-0.39, 0.29) is 0 Å². The van der Waals surface area contributed by atoms with Gasteiger partial charge in [-0.2, -0.15) is 0 Å². The molecular formula is C20H13NS. The van der Waals surface area contributed by atoms with Crippen molar-refractivity contribution in [1.29, 1.82) is 0 Å². The molecule has 2 aromatic heterocycles. The molecule has 2 heteroatoms. The second-order valence-electron chi connectivity index (χ2n) is 5.58. The Kier molecular flexibility index (Phi) is 2.43. The van der Waals surface area contributed by atoms with Gasteiger partial charge in [-0.05, 0) is 40.1 Å². The van der Waals surface area contributed by atoms with Crippen molar-refractivity contribution >= 4 is 43.2 Å². The fourth-order valence-corrected chi connectivity index (χ4v) is 4.10. The molecule has 2 heterocycles. The van der Waals surface area contributed by atoms with E-state index in [1.807, 2.05) is 0 Å². The maximum absolute atomic E-state index is 3.60. The highest BCUT2D eigenvalue weighted by atomic mass is 32.1. The summed E-state index contributed by atoms with van der Waals surface area (Å²) in [6.07, 6.45) is 0. The number of fused-ring (bicyclic) bond motifs is 5. The van der Waals surface area contributed by atoms with Crippen LogP contribution in [0.25, 0.3) is 43.0 Å². The molecule has 104 valence electrons. The monoisotopic (exact) mass is 299 g/mol. The van der Waals surface area contributed by atoms with Crippen molar-refractivity contribution in [3.05, 3.63) is 72.1 Å². The molecule has 0 spiro atoms. The minimum Gasteiger partial charge on any atom is -0.353 e. The summed E-state index contributed by atoms with van der Waals surface area (Å²) in [6, 6.07) is 23.9. The van der Waals surface area contributed by atoms with Gasteiger partial charge >= 0.3 is 0 Å². The van der Waals surface area contributed by atoms with Gasteiger partial charge in [0.05, 0.1) is 10.2 Å². The van der Waals surface area contributed by atoms with Crippen LogP contribution >= 0.6 is 11.3 Å². The summed E-state index contributed by atoms with van der Waals surface area (Å²) in [7, 11) is 0. The molecule has 0 aliphatic heterocycles. The Morgan fingerprint density at radius 3 is 2.55 bits per heavy atom.